The SMILES string of the molecule is Cc1nnc2nc(N[C@H](C)c3cccc(C(F)(F)F)c3)c3c(n12)CN(C(=O)C1CC1)C3. The molecule has 1 atom stereocenters. The van der Waals surface area contributed by atoms with E-state index in [0.29, 0.717) is 36.1 Å². The van der Waals surface area contributed by atoms with Gasteiger partial charge in [-0.2, -0.15) is 18.2 Å². The van der Waals surface area contributed by atoms with Gasteiger partial charge in [-0.05, 0) is 44.4 Å². The van der Waals surface area contributed by atoms with Crippen LogP contribution in [0.25, 0.3) is 5.78 Å². The minimum absolute atomic E-state index is 0.0974. The molecular formula is C21H21F3N6O. The van der Waals surface area contributed by atoms with Crippen LogP contribution in [0.4, 0.5) is 19.0 Å². The number of rotatable bonds is 4. The lowest BCUT2D eigenvalue weighted by atomic mass is 10.0. The fraction of sp³-hybridized carbons (Fsp3) is 0.429. The van der Waals surface area contributed by atoms with E-state index >= 15 is 0 Å². The van der Waals surface area contributed by atoms with Crippen molar-refractivity contribution in [1.82, 2.24) is 24.5 Å². The van der Waals surface area contributed by atoms with E-state index in [4.69, 9.17) is 0 Å². The van der Waals surface area contributed by atoms with Crippen molar-refractivity contribution in [3.05, 3.63) is 52.5 Å². The van der Waals surface area contributed by atoms with E-state index < -0.39 is 17.8 Å². The lowest BCUT2D eigenvalue weighted by Gasteiger charge is -2.19. The maximum atomic E-state index is 13.1. The fourth-order valence-electron chi connectivity index (χ4n) is 4.08. The highest BCUT2D eigenvalue weighted by Crippen LogP contribution is 2.37. The number of anilines is 1. The van der Waals surface area contributed by atoms with E-state index in [0.717, 1.165) is 36.2 Å². The molecule has 0 spiro atoms. The zero-order valence-electron chi connectivity index (χ0n) is 17.1. The average Bonchev–Trinajstić information content (AvgIpc) is 3.38. The zero-order valence-corrected chi connectivity index (χ0v) is 17.1. The predicted molar refractivity (Wildman–Crippen MR) is 106 cm³/mol. The molecule has 7 nitrogen and oxygen atoms in total. The molecule has 0 radical (unpaired) electrons. The number of hydrogen-bond acceptors (Lipinski definition) is 5. The summed E-state index contributed by atoms with van der Waals surface area (Å²) in [5.41, 5.74) is 1.54. The summed E-state index contributed by atoms with van der Waals surface area (Å²) in [6, 6.07) is 4.81. The number of alkyl halides is 3. The van der Waals surface area contributed by atoms with Crippen molar-refractivity contribution >= 4 is 17.5 Å². The van der Waals surface area contributed by atoms with Gasteiger partial charge in [0.15, 0.2) is 0 Å². The summed E-state index contributed by atoms with van der Waals surface area (Å²) >= 11 is 0. The van der Waals surface area contributed by atoms with Crippen LogP contribution in [-0.2, 0) is 24.1 Å². The molecule has 162 valence electrons. The summed E-state index contributed by atoms with van der Waals surface area (Å²) < 4.78 is 41.2. The first kappa shape index (κ1) is 19.8. The number of benzene rings is 1. The van der Waals surface area contributed by atoms with Gasteiger partial charge in [-0.1, -0.05) is 12.1 Å². The van der Waals surface area contributed by atoms with Gasteiger partial charge in [0, 0.05) is 17.5 Å². The van der Waals surface area contributed by atoms with Crippen molar-refractivity contribution in [3.63, 3.8) is 0 Å². The predicted octanol–water partition coefficient (Wildman–Crippen LogP) is 3.88. The number of fused-ring (bicyclic) bond motifs is 3. The van der Waals surface area contributed by atoms with Crippen LogP contribution >= 0.6 is 0 Å². The molecule has 0 unspecified atom stereocenters. The molecule has 31 heavy (non-hydrogen) atoms. The monoisotopic (exact) mass is 430 g/mol. The van der Waals surface area contributed by atoms with E-state index in [1.165, 1.54) is 6.07 Å². The number of aryl methyl sites for hydroxylation is 1. The Morgan fingerprint density at radius 1 is 1.23 bits per heavy atom. The van der Waals surface area contributed by atoms with Crippen LogP contribution < -0.4 is 5.32 Å². The van der Waals surface area contributed by atoms with Crippen molar-refractivity contribution in [2.75, 3.05) is 5.32 Å². The Morgan fingerprint density at radius 2 is 2.00 bits per heavy atom. The van der Waals surface area contributed by atoms with E-state index in [9.17, 15) is 18.0 Å². The molecule has 10 heteroatoms. The molecule has 1 amide bonds. The fourth-order valence-corrected chi connectivity index (χ4v) is 4.08. The number of carbonyl (C=O) groups excluding carboxylic acids is 1. The Balaban J connectivity index is 1.50. The van der Waals surface area contributed by atoms with Crippen LogP contribution in [0, 0.1) is 12.8 Å². The third kappa shape index (κ3) is 3.49. The quantitative estimate of drug-likeness (QED) is 0.680. The minimum atomic E-state index is -4.41. The number of nitrogens with zero attached hydrogens (tertiary/aromatic N) is 5. The average molecular weight is 430 g/mol. The number of hydrogen-bond donors (Lipinski definition) is 1. The highest BCUT2D eigenvalue weighted by molar-refractivity contribution is 5.82. The van der Waals surface area contributed by atoms with E-state index in [1.807, 2.05) is 16.2 Å². The Bertz CT molecular complexity index is 1180. The minimum Gasteiger partial charge on any atom is -0.363 e. The molecule has 0 bridgehead atoms. The summed E-state index contributed by atoms with van der Waals surface area (Å²) in [6.07, 6.45) is -2.57. The van der Waals surface area contributed by atoms with Gasteiger partial charge < -0.3 is 10.2 Å². The van der Waals surface area contributed by atoms with Crippen LogP contribution in [-0.4, -0.2) is 30.4 Å². The molecule has 3 heterocycles. The van der Waals surface area contributed by atoms with Gasteiger partial charge in [0.1, 0.15) is 11.6 Å². The first-order chi connectivity index (χ1) is 14.7. The van der Waals surface area contributed by atoms with Gasteiger partial charge in [0.25, 0.3) is 5.78 Å². The molecule has 1 saturated carbocycles. The highest BCUT2D eigenvalue weighted by atomic mass is 19.4. The smallest absolute Gasteiger partial charge is 0.363 e. The van der Waals surface area contributed by atoms with Gasteiger partial charge in [-0.15, -0.1) is 10.2 Å². The normalized spacial score (nSPS) is 17.1. The molecule has 1 fully saturated rings. The van der Waals surface area contributed by atoms with Gasteiger partial charge in [-0.25, -0.2) is 0 Å². The number of carbonyl (C=O) groups is 1. The van der Waals surface area contributed by atoms with Crippen molar-refractivity contribution in [2.24, 2.45) is 5.92 Å². The summed E-state index contributed by atoms with van der Waals surface area (Å²) in [5, 5.41) is 11.5. The zero-order chi connectivity index (χ0) is 21.9. The maximum absolute atomic E-state index is 13.1. The van der Waals surface area contributed by atoms with E-state index in [-0.39, 0.29) is 11.8 Å². The second-order valence-electron chi connectivity index (χ2n) is 8.23. The molecule has 1 N–H and O–H groups in total. The Labute approximate surface area is 176 Å². The highest BCUT2D eigenvalue weighted by Gasteiger charge is 2.38. The van der Waals surface area contributed by atoms with Crippen molar-refractivity contribution in [1.29, 1.82) is 0 Å². The van der Waals surface area contributed by atoms with Gasteiger partial charge in [0.05, 0.1) is 24.3 Å². The van der Waals surface area contributed by atoms with E-state index in [1.54, 1.807) is 13.0 Å². The molecule has 2 aliphatic rings. The van der Waals surface area contributed by atoms with Crippen LogP contribution in [0.2, 0.25) is 0 Å². The molecule has 2 aromatic heterocycles. The van der Waals surface area contributed by atoms with Gasteiger partial charge in [-0.3, -0.25) is 9.20 Å². The topological polar surface area (TPSA) is 75.4 Å². The number of aromatic nitrogens is 4. The molecule has 0 saturated heterocycles. The Morgan fingerprint density at radius 3 is 2.71 bits per heavy atom. The molecule has 1 aliphatic carbocycles. The molecule has 1 aliphatic heterocycles. The Kier molecular flexibility index (Phi) is 4.42. The van der Waals surface area contributed by atoms with Gasteiger partial charge in [0.2, 0.25) is 5.91 Å². The molecule has 5 rings (SSSR count). The summed E-state index contributed by atoms with van der Waals surface area (Å²) in [7, 11) is 0. The van der Waals surface area contributed by atoms with Crippen LogP contribution in [0.15, 0.2) is 24.3 Å². The van der Waals surface area contributed by atoms with Crippen LogP contribution in [0.5, 0.6) is 0 Å². The van der Waals surface area contributed by atoms with Gasteiger partial charge >= 0.3 is 6.18 Å². The second-order valence-corrected chi connectivity index (χ2v) is 8.23. The number of halogens is 3. The summed E-state index contributed by atoms with van der Waals surface area (Å²) in [5.74, 6) is 1.82. The third-order valence-electron chi connectivity index (χ3n) is 5.92. The lowest BCUT2D eigenvalue weighted by Crippen LogP contribution is -2.26. The summed E-state index contributed by atoms with van der Waals surface area (Å²) in [6.45, 7) is 4.45. The first-order valence-electron chi connectivity index (χ1n) is 10.2. The summed E-state index contributed by atoms with van der Waals surface area (Å²) in [4.78, 5) is 19.0. The number of nitrogens with one attached hydrogen (secondary N) is 1. The number of amides is 1. The van der Waals surface area contributed by atoms with Crippen LogP contribution in [0.3, 0.4) is 0 Å². The Hall–Kier alpha value is -3.17. The van der Waals surface area contributed by atoms with Crippen molar-refractivity contribution in [2.45, 2.75) is 52.0 Å². The third-order valence-corrected chi connectivity index (χ3v) is 5.92. The van der Waals surface area contributed by atoms with Crippen LogP contribution in [0.1, 0.15) is 54.0 Å². The first-order valence-corrected chi connectivity index (χ1v) is 10.2. The van der Waals surface area contributed by atoms with Crippen molar-refractivity contribution < 1.29 is 18.0 Å². The molecule has 1 aromatic carbocycles. The maximum Gasteiger partial charge on any atom is 0.416 e. The van der Waals surface area contributed by atoms with E-state index in [2.05, 4.69) is 20.5 Å². The van der Waals surface area contributed by atoms with Crippen molar-refractivity contribution in [3.8, 4) is 0 Å². The second kappa shape index (κ2) is 6.93. The standard InChI is InChI=1S/C21H21F3N6O/c1-11(14-4-3-5-15(8-14)21(22,23)24)25-18-16-9-29(19(31)13-6-7-13)10-17(16)30-12(2)27-28-20(30)26-18/h3-5,8,11,13H,6-7,9-10H2,1-2H3,(H,25,26,28)/t11-/m1/s1. The lowest BCUT2D eigenvalue weighted by molar-refractivity contribution is -0.137. The largest absolute Gasteiger partial charge is 0.416 e. The molecule has 3 aromatic rings. The molecular weight excluding hydrogens is 409 g/mol.